The van der Waals surface area contributed by atoms with Crippen LogP contribution in [0.2, 0.25) is 0 Å². The first-order valence-corrected chi connectivity index (χ1v) is 3.94. The van der Waals surface area contributed by atoms with Crippen molar-refractivity contribution in [3.8, 4) is 0 Å². The van der Waals surface area contributed by atoms with Gasteiger partial charge in [-0.25, -0.2) is 0 Å². The molecule has 0 aliphatic rings. The predicted molar refractivity (Wildman–Crippen MR) is 52.7 cm³/mol. The molecule has 1 aromatic heterocycles. The molecule has 1 nitrogen and oxygen atoms in total. The Morgan fingerprint density at radius 2 is 1.92 bits per heavy atom. The summed E-state index contributed by atoms with van der Waals surface area (Å²) < 4.78 is 0. The van der Waals surface area contributed by atoms with Crippen LogP contribution in [0.15, 0.2) is 42.8 Å². The van der Waals surface area contributed by atoms with Gasteiger partial charge in [-0.15, -0.1) is 0 Å². The summed E-state index contributed by atoms with van der Waals surface area (Å²) in [5.74, 6) is 0. The largest absolute Gasteiger partial charge is 0.265 e. The second kappa shape index (κ2) is 3.86. The van der Waals surface area contributed by atoms with Gasteiger partial charge < -0.3 is 0 Å². The van der Waals surface area contributed by atoms with Crippen molar-refractivity contribution in [2.24, 2.45) is 0 Å². The summed E-state index contributed by atoms with van der Waals surface area (Å²) in [6, 6.07) is 3.99. The van der Waals surface area contributed by atoms with E-state index in [9.17, 15) is 0 Å². The van der Waals surface area contributed by atoms with Crippen molar-refractivity contribution >= 4 is 5.57 Å². The third kappa shape index (κ3) is 2.35. The molecular weight excluding hydrogens is 146 g/mol. The molecule has 0 spiro atoms. The van der Waals surface area contributed by atoms with Crippen molar-refractivity contribution in [1.29, 1.82) is 0 Å². The molecule has 0 radical (unpaired) electrons. The van der Waals surface area contributed by atoms with Gasteiger partial charge in [0.15, 0.2) is 0 Å². The van der Waals surface area contributed by atoms with Gasteiger partial charge in [0.25, 0.3) is 0 Å². The SMILES string of the molecule is C=C(C)/C=C(/C)c1ccncc1. The summed E-state index contributed by atoms with van der Waals surface area (Å²) in [7, 11) is 0. The molecule has 1 heterocycles. The third-order valence-corrected chi connectivity index (χ3v) is 1.60. The van der Waals surface area contributed by atoms with Crippen molar-refractivity contribution in [3.05, 3.63) is 48.3 Å². The molecule has 1 aromatic rings. The monoisotopic (exact) mass is 159 g/mol. The lowest BCUT2D eigenvalue weighted by Crippen LogP contribution is -1.79. The van der Waals surface area contributed by atoms with E-state index >= 15 is 0 Å². The van der Waals surface area contributed by atoms with Crippen LogP contribution in [-0.2, 0) is 0 Å². The smallest absolute Gasteiger partial charge is 0.0273 e. The molecule has 0 aliphatic carbocycles. The maximum atomic E-state index is 3.96. The maximum absolute atomic E-state index is 3.96. The Balaban J connectivity index is 2.93. The first kappa shape index (κ1) is 8.72. The highest BCUT2D eigenvalue weighted by Gasteiger charge is 1.92. The Bertz CT molecular complexity index is 296. The van der Waals surface area contributed by atoms with Crippen molar-refractivity contribution in [2.75, 3.05) is 0 Å². The number of pyridine rings is 1. The minimum absolute atomic E-state index is 1.07. The molecule has 0 amide bonds. The first-order chi connectivity index (χ1) is 5.70. The van der Waals surface area contributed by atoms with E-state index in [0.717, 1.165) is 5.57 Å². The fraction of sp³-hybridized carbons (Fsp3) is 0.182. The van der Waals surface area contributed by atoms with E-state index in [-0.39, 0.29) is 0 Å². The predicted octanol–water partition coefficient (Wildman–Crippen LogP) is 3.06. The van der Waals surface area contributed by atoms with Gasteiger partial charge in [-0.05, 0) is 37.1 Å². The van der Waals surface area contributed by atoms with Crippen molar-refractivity contribution in [2.45, 2.75) is 13.8 Å². The number of aromatic nitrogens is 1. The summed E-state index contributed by atoms with van der Waals surface area (Å²) in [5, 5.41) is 0. The number of nitrogens with zero attached hydrogens (tertiary/aromatic N) is 1. The zero-order valence-corrected chi connectivity index (χ0v) is 7.54. The highest BCUT2D eigenvalue weighted by Crippen LogP contribution is 2.13. The summed E-state index contributed by atoms with van der Waals surface area (Å²) in [5.41, 5.74) is 3.50. The van der Waals surface area contributed by atoms with Gasteiger partial charge in [0, 0.05) is 12.4 Å². The average molecular weight is 159 g/mol. The van der Waals surface area contributed by atoms with E-state index in [1.54, 1.807) is 12.4 Å². The Hall–Kier alpha value is -1.37. The Labute approximate surface area is 73.5 Å². The second-order valence-electron chi connectivity index (χ2n) is 2.91. The van der Waals surface area contributed by atoms with Crippen LogP contribution in [0.5, 0.6) is 0 Å². The molecule has 0 saturated heterocycles. The summed E-state index contributed by atoms with van der Waals surface area (Å²) in [6.07, 6.45) is 5.66. The lowest BCUT2D eigenvalue weighted by molar-refractivity contribution is 1.31. The minimum Gasteiger partial charge on any atom is -0.265 e. The molecular formula is C11H13N. The molecule has 0 atom stereocenters. The number of allylic oxidation sites excluding steroid dienone is 3. The van der Waals surface area contributed by atoms with E-state index in [1.807, 2.05) is 19.1 Å². The maximum Gasteiger partial charge on any atom is 0.0273 e. The summed E-state index contributed by atoms with van der Waals surface area (Å²) >= 11 is 0. The van der Waals surface area contributed by atoms with Crippen LogP contribution >= 0.6 is 0 Å². The van der Waals surface area contributed by atoms with Crippen LogP contribution < -0.4 is 0 Å². The molecule has 1 heteroatoms. The van der Waals surface area contributed by atoms with Gasteiger partial charge in [0.2, 0.25) is 0 Å². The van der Waals surface area contributed by atoms with Gasteiger partial charge >= 0.3 is 0 Å². The average Bonchev–Trinajstić information content (AvgIpc) is 2.05. The van der Waals surface area contributed by atoms with Gasteiger partial charge in [-0.1, -0.05) is 18.2 Å². The molecule has 0 saturated carbocycles. The Kier molecular flexibility index (Phi) is 2.81. The van der Waals surface area contributed by atoms with E-state index < -0.39 is 0 Å². The van der Waals surface area contributed by atoms with Gasteiger partial charge in [0.1, 0.15) is 0 Å². The minimum atomic E-state index is 1.07. The zero-order valence-electron chi connectivity index (χ0n) is 7.54. The molecule has 0 bridgehead atoms. The van der Waals surface area contributed by atoms with E-state index in [4.69, 9.17) is 0 Å². The lowest BCUT2D eigenvalue weighted by Gasteiger charge is -1.99. The molecule has 0 unspecified atom stereocenters. The summed E-state index contributed by atoms with van der Waals surface area (Å²) in [6.45, 7) is 7.89. The van der Waals surface area contributed by atoms with Crippen LogP contribution in [0.3, 0.4) is 0 Å². The first-order valence-electron chi connectivity index (χ1n) is 3.94. The normalized spacial score (nSPS) is 11.3. The van der Waals surface area contributed by atoms with E-state index in [2.05, 4.69) is 24.6 Å². The third-order valence-electron chi connectivity index (χ3n) is 1.60. The number of hydrogen-bond acceptors (Lipinski definition) is 1. The lowest BCUT2D eigenvalue weighted by atomic mass is 10.1. The van der Waals surface area contributed by atoms with Crippen LogP contribution in [0, 0.1) is 0 Å². The van der Waals surface area contributed by atoms with Crippen molar-refractivity contribution < 1.29 is 0 Å². The fourth-order valence-electron chi connectivity index (χ4n) is 1.07. The topological polar surface area (TPSA) is 12.9 Å². The van der Waals surface area contributed by atoms with Crippen molar-refractivity contribution in [3.63, 3.8) is 0 Å². The number of hydrogen-bond donors (Lipinski definition) is 0. The molecule has 0 aliphatic heterocycles. The van der Waals surface area contributed by atoms with E-state index in [1.165, 1.54) is 11.1 Å². The number of rotatable bonds is 2. The molecule has 0 N–H and O–H groups in total. The molecule has 62 valence electrons. The van der Waals surface area contributed by atoms with Gasteiger partial charge in [-0.3, -0.25) is 4.98 Å². The van der Waals surface area contributed by atoms with Crippen LogP contribution in [-0.4, -0.2) is 4.98 Å². The molecule has 0 aromatic carbocycles. The summed E-state index contributed by atoms with van der Waals surface area (Å²) in [4.78, 5) is 3.96. The van der Waals surface area contributed by atoms with Gasteiger partial charge in [0.05, 0.1) is 0 Å². The highest BCUT2D eigenvalue weighted by molar-refractivity contribution is 5.65. The van der Waals surface area contributed by atoms with Crippen molar-refractivity contribution in [1.82, 2.24) is 4.98 Å². The van der Waals surface area contributed by atoms with Crippen LogP contribution in [0.1, 0.15) is 19.4 Å². The van der Waals surface area contributed by atoms with E-state index in [0.29, 0.717) is 0 Å². The van der Waals surface area contributed by atoms with Gasteiger partial charge in [-0.2, -0.15) is 0 Å². The quantitative estimate of drug-likeness (QED) is 0.604. The Morgan fingerprint density at radius 1 is 1.33 bits per heavy atom. The Morgan fingerprint density at radius 3 is 2.42 bits per heavy atom. The van der Waals surface area contributed by atoms with Crippen LogP contribution in [0.25, 0.3) is 5.57 Å². The van der Waals surface area contributed by atoms with Crippen LogP contribution in [0.4, 0.5) is 0 Å². The molecule has 0 fully saturated rings. The standard InChI is InChI=1S/C11H13N/c1-9(2)8-10(3)11-4-6-12-7-5-11/h4-8H,1H2,2-3H3/b10-8-. The fourth-order valence-corrected chi connectivity index (χ4v) is 1.07. The molecule has 1 rings (SSSR count). The highest BCUT2D eigenvalue weighted by atomic mass is 14.6. The zero-order chi connectivity index (χ0) is 8.97. The second-order valence-corrected chi connectivity index (χ2v) is 2.91. The molecule has 12 heavy (non-hydrogen) atoms.